The van der Waals surface area contributed by atoms with Crippen molar-refractivity contribution in [1.82, 2.24) is 14.3 Å². The van der Waals surface area contributed by atoms with E-state index in [1.54, 1.807) is 39.8 Å². The molecular weight excluding hydrogens is 438 g/mol. The van der Waals surface area contributed by atoms with Crippen molar-refractivity contribution in [1.29, 1.82) is 0 Å². The zero-order valence-electron chi connectivity index (χ0n) is 17.0. The van der Waals surface area contributed by atoms with Gasteiger partial charge in [0.25, 0.3) is 0 Å². The van der Waals surface area contributed by atoms with Crippen LogP contribution in [0.15, 0.2) is 45.9 Å². The van der Waals surface area contributed by atoms with Gasteiger partial charge in [0.05, 0.1) is 11.2 Å². The second-order valence-corrected chi connectivity index (χ2v) is 9.90. The van der Waals surface area contributed by atoms with Gasteiger partial charge in [-0.1, -0.05) is 0 Å². The lowest BCUT2D eigenvalue weighted by Crippen LogP contribution is -2.32. The van der Waals surface area contributed by atoms with Crippen molar-refractivity contribution < 1.29 is 17.6 Å². The van der Waals surface area contributed by atoms with Crippen LogP contribution in [0.2, 0.25) is 0 Å². The number of sulfone groups is 1. The van der Waals surface area contributed by atoms with Crippen molar-refractivity contribution >= 4 is 33.6 Å². The molecule has 0 aliphatic carbocycles. The molecular formula is C20H23N5O4S2. The van der Waals surface area contributed by atoms with Crippen molar-refractivity contribution in [3.8, 4) is 11.6 Å². The molecule has 0 saturated carbocycles. The number of amides is 1. The van der Waals surface area contributed by atoms with Crippen LogP contribution in [-0.4, -0.2) is 41.5 Å². The number of aryl methyl sites for hydroxylation is 1. The highest BCUT2D eigenvalue weighted by Gasteiger charge is 2.22. The number of nitrogens with two attached hydrogens (primary N) is 1. The number of hydrogen-bond donors (Lipinski definition) is 1. The number of anilines is 1. The summed E-state index contributed by atoms with van der Waals surface area (Å²) in [4.78, 5) is 13.8. The molecule has 164 valence electrons. The van der Waals surface area contributed by atoms with Crippen LogP contribution in [0.1, 0.15) is 18.4 Å². The van der Waals surface area contributed by atoms with E-state index < -0.39 is 15.7 Å². The molecule has 0 radical (unpaired) electrons. The van der Waals surface area contributed by atoms with Crippen LogP contribution < -0.4 is 10.6 Å². The largest absolute Gasteiger partial charge is 0.461 e. The van der Waals surface area contributed by atoms with E-state index in [2.05, 4.69) is 10.00 Å². The Kier molecular flexibility index (Phi) is 5.71. The fourth-order valence-electron chi connectivity index (χ4n) is 3.74. The van der Waals surface area contributed by atoms with Gasteiger partial charge >= 0.3 is 0 Å². The van der Waals surface area contributed by atoms with Gasteiger partial charge in [-0.25, -0.2) is 13.1 Å². The second kappa shape index (κ2) is 8.31. The minimum atomic E-state index is -3.26. The quantitative estimate of drug-likeness (QED) is 0.537. The summed E-state index contributed by atoms with van der Waals surface area (Å²) in [6.07, 6.45) is 4.60. The Morgan fingerprint density at radius 1 is 1.32 bits per heavy atom. The zero-order chi connectivity index (χ0) is 22.2. The Morgan fingerprint density at radius 3 is 2.81 bits per heavy atom. The first kappa shape index (κ1) is 21.3. The molecule has 4 rings (SSSR count). The second-order valence-electron chi connectivity index (χ2n) is 7.52. The number of carbonyl (C=O) groups is 1. The van der Waals surface area contributed by atoms with Crippen molar-refractivity contribution in [3.63, 3.8) is 0 Å². The molecule has 0 fully saturated rings. The maximum atomic E-state index is 11.9. The summed E-state index contributed by atoms with van der Waals surface area (Å²) >= 11 is 5.64. The van der Waals surface area contributed by atoms with Gasteiger partial charge in [0, 0.05) is 31.5 Å². The average Bonchev–Trinajstić information content (AvgIpc) is 3.34. The number of nitrogens with zero attached hydrogens (tertiary/aromatic N) is 4. The van der Waals surface area contributed by atoms with Crippen molar-refractivity contribution in [2.45, 2.75) is 37.4 Å². The molecule has 2 N–H and O–H groups in total. The summed E-state index contributed by atoms with van der Waals surface area (Å²) in [6.45, 7) is 1.48. The molecule has 0 bridgehead atoms. The number of fused-ring (bicyclic) bond motifs is 1. The number of primary amides is 1. The smallest absolute Gasteiger partial charge is 0.219 e. The van der Waals surface area contributed by atoms with Crippen molar-refractivity contribution in [3.05, 3.63) is 46.9 Å². The Morgan fingerprint density at radius 2 is 2.13 bits per heavy atom. The lowest BCUT2D eigenvalue weighted by molar-refractivity contribution is -0.118. The molecule has 3 heterocycles. The Labute approximate surface area is 185 Å². The molecule has 11 heteroatoms. The number of benzene rings is 1. The van der Waals surface area contributed by atoms with E-state index in [4.69, 9.17) is 22.4 Å². The molecule has 0 unspecified atom stereocenters. The van der Waals surface area contributed by atoms with Crippen LogP contribution in [0.5, 0.6) is 0 Å². The van der Waals surface area contributed by atoms with E-state index in [1.807, 2.05) is 6.07 Å². The number of hydrogen-bond acceptors (Lipinski definition) is 7. The SMILES string of the molecule is CS(=O)(=O)c1ccc2c(c1)CCCN2Cn1nc(-c2ccco2)n(CCC(N)=O)c1=S. The molecule has 1 amide bonds. The van der Waals surface area contributed by atoms with Gasteiger partial charge in [0.15, 0.2) is 26.2 Å². The number of carbonyl (C=O) groups excluding carboxylic acids is 1. The fourth-order valence-corrected chi connectivity index (χ4v) is 4.68. The fraction of sp³-hybridized carbons (Fsp3) is 0.350. The van der Waals surface area contributed by atoms with Gasteiger partial charge in [0.1, 0.15) is 6.67 Å². The summed E-state index contributed by atoms with van der Waals surface area (Å²) in [5.41, 5.74) is 7.27. The predicted octanol–water partition coefficient (Wildman–Crippen LogP) is 2.36. The highest BCUT2D eigenvalue weighted by atomic mass is 32.2. The van der Waals surface area contributed by atoms with Gasteiger partial charge in [-0.05, 0) is 61.0 Å². The third-order valence-electron chi connectivity index (χ3n) is 5.24. The topological polar surface area (TPSA) is 116 Å². The maximum Gasteiger partial charge on any atom is 0.219 e. The molecule has 0 spiro atoms. The van der Waals surface area contributed by atoms with E-state index in [1.165, 1.54) is 6.26 Å². The maximum absolute atomic E-state index is 11.9. The third-order valence-corrected chi connectivity index (χ3v) is 6.79. The van der Waals surface area contributed by atoms with Crippen LogP contribution in [0, 0.1) is 4.77 Å². The van der Waals surface area contributed by atoms with Gasteiger partial charge in [-0.15, -0.1) is 5.10 Å². The first-order valence-corrected chi connectivity index (χ1v) is 12.1. The van der Waals surface area contributed by atoms with Gasteiger partial charge in [0.2, 0.25) is 5.91 Å². The van der Waals surface area contributed by atoms with E-state index in [0.717, 1.165) is 30.6 Å². The molecule has 0 atom stereocenters. The normalized spacial score (nSPS) is 13.9. The molecule has 3 aromatic rings. The van der Waals surface area contributed by atoms with E-state index in [9.17, 15) is 13.2 Å². The first-order valence-electron chi connectivity index (χ1n) is 9.82. The van der Waals surface area contributed by atoms with Crippen LogP contribution >= 0.6 is 12.2 Å². The predicted molar refractivity (Wildman–Crippen MR) is 118 cm³/mol. The molecule has 0 saturated heterocycles. The van der Waals surface area contributed by atoms with Gasteiger partial charge in [-0.2, -0.15) is 0 Å². The van der Waals surface area contributed by atoms with E-state index >= 15 is 0 Å². The monoisotopic (exact) mass is 461 g/mol. The van der Waals surface area contributed by atoms with Crippen LogP contribution in [0.25, 0.3) is 11.6 Å². The number of rotatable bonds is 7. The molecule has 31 heavy (non-hydrogen) atoms. The average molecular weight is 462 g/mol. The molecule has 9 nitrogen and oxygen atoms in total. The van der Waals surface area contributed by atoms with Gasteiger partial charge < -0.3 is 15.1 Å². The van der Waals surface area contributed by atoms with Gasteiger partial charge in [-0.3, -0.25) is 9.36 Å². The van der Waals surface area contributed by atoms with Crippen molar-refractivity contribution in [2.75, 3.05) is 17.7 Å². The summed E-state index contributed by atoms with van der Waals surface area (Å²) in [5.74, 6) is 0.652. The van der Waals surface area contributed by atoms with Crippen LogP contribution in [0.3, 0.4) is 0 Å². The molecule has 2 aromatic heterocycles. The first-order chi connectivity index (χ1) is 14.7. The Bertz CT molecular complexity index is 1280. The number of furan rings is 1. The molecule has 1 aliphatic heterocycles. The van der Waals surface area contributed by atoms with E-state index in [0.29, 0.717) is 34.5 Å². The summed E-state index contributed by atoms with van der Waals surface area (Å²) in [6, 6.07) is 8.76. The summed E-state index contributed by atoms with van der Waals surface area (Å²) in [5, 5.41) is 4.65. The Hall–Kier alpha value is -2.92. The third kappa shape index (κ3) is 4.42. The zero-order valence-corrected chi connectivity index (χ0v) is 18.7. The highest BCUT2D eigenvalue weighted by Crippen LogP contribution is 2.30. The standard InChI is InChI=1S/C20H23N5O4S2/c1-31(27,28)15-6-7-16-14(12-15)4-2-9-23(16)13-25-20(30)24(10-8-18(21)26)19(22-25)17-5-3-11-29-17/h3,5-7,11-12H,2,4,8-10,13H2,1H3,(H2,21,26). The van der Waals surface area contributed by atoms with Crippen LogP contribution in [-0.2, 0) is 34.3 Å². The number of aromatic nitrogens is 3. The Balaban J connectivity index is 1.68. The lowest BCUT2D eigenvalue weighted by atomic mass is 10.0. The van der Waals surface area contributed by atoms with Crippen molar-refractivity contribution in [2.24, 2.45) is 5.73 Å². The minimum absolute atomic E-state index is 0.133. The molecule has 1 aromatic carbocycles. The van der Waals surface area contributed by atoms with E-state index in [-0.39, 0.29) is 6.42 Å². The summed E-state index contributed by atoms with van der Waals surface area (Å²) < 4.78 is 33.2. The lowest BCUT2D eigenvalue weighted by Gasteiger charge is -2.31. The minimum Gasteiger partial charge on any atom is -0.461 e. The highest BCUT2D eigenvalue weighted by molar-refractivity contribution is 7.90. The summed E-state index contributed by atoms with van der Waals surface area (Å²) in [7, 11) is -3.26. The van der Waals surface area contributed by atoms with Crippen LogP contribution in [0.4, 0.5) is 5.69 Å². The molecule has 1 aliphatic rings.